The van der Waals surface area contributed by atoms with Crippen LogP contribution >= 0.6 is 0 Å². The SMILES string of the molecule is Cc1nn(Cc2cccc(Oc3ccccc3)c2)c(C)c1NS(=O)(=O)c1cc(F)ccc1F. The second kappa shape index (κ2) is 9.03. The third-order valence-electron chi connectivity index (χ3n) is 5.01. The summed E-state index contributed by atoms with van der Waals surface area (Å²) in [6, 6.07) is 19.1. The molecule has 1 aromatic heterocycles. The van der Waals surface area contributed by atoms with Crippen molar-refractivity contribution in [2.45, 2.75) is 25.3 Å². The molecule has 0 fully saturated rings. The van der Waals surface area contributed by atoms with Crippen LogP contribution in [0.3, 0.4) is 0 Å². The quantitative estimate of drug-likeness (QED) is 0.392. The number of nitrogens with zero attached hydrogens (tertiary/aromatic N) is 2. The zero-order valence-electron chi connectivity index (χ0n) is 17.9. The molecule has 0 unspecified atom stereocenters. The minimum Gasteiger partial charge on any atom is -0.457 e. The second-order valence-corrected chi connectivity index (χ2v) is 9.10. The van der Waals surface area contributed by atoms with Gasteiger partial charge in [0.1, 0.15) is 28.0 Å². The van der Waals surface area contributed by atoms with E-state index in [2.05, 4.69) is 9.82 Å². The van der Waals surface area contributed by atoms with E-state index in [1.807, 2.05) is 54.6 Å². The van der Waals surface area contributed by atoms with Crippen LogP contribution in [-0.2, 0) is 16.6 Å². The maximum absolute atomic E-state index is 14.0. The number of aryl methyl sites for hydroxylation is 1. The van der Waals surface area contributed by atoms with Crippen molar-refractivity contribution in [1.29, 1.82) is 0 Å². The van der Waals surface area contributed by atoms with Crippen molar-refractivity contribution in [2.75, 3.05) is 4.72 Å². The van der Waals surface area contributed by atoms with Crippen LogP contribution in [0.5, 0.6) is 11.5 Å². The zero-order chi connectivity index (χ0) is 23.6. The number of hydrogen-bond acceptors (Lipinski definition) is 4. The van der Waals surface area contributed by atoms with E-state index in [0.29, 0.717) is 35.5 Å². The van der Waals surface area contributed by atoms with Crippen molar-refractivity contribution in [1.82, 2.24) is 9.78 Å². The van der Waals surface area contributed by atoms with Crippen molar-refractivity contribution >= 4 is 15.7 Å². The summed E-state index contributed by atoms with van der Waals surface area (Å²) in [6.45, 7) is 3.69. The van der Waals surface area contributed by atoms with E-state index in [1.54, 1.807) is 18.5 Å². The third kappa shape index (κ3) is 5.04. The van der Waals surface area contributed by atoms with Crippen LogP contribution < -0.4 is 9.46 Å². The monoisotopic (exact) mass is 469 g/mol. The highest BCUT2D eigenvalue weighted by Crippen LogP contribution is 2.27. The van der Waals surface area contributed by atoms with Crippen LogP contribution in [0.2, 0.25) is 0 Å². The van der Waals surface area contributed by atoms with E-state index in [4.69, 9.17) is 4.74 Å². The highest BCUT2D eigenvalue weighted by Gasteiger charge is 2.23. The van der Waals surface area contributed by atoms with E-state index in [1.165, 1.54) is 0 Å². The molecule has 4 rings (SSSR count). The van der Waals surface area contributed by atoms with E-state index in [-0.39, 0.29) is 5.69 Å². The molecule has 33 heavy (non-hydrogen) atoms. The third-order valence-corrected chi connectivity index (χ3v) is 6.38. The molecule has 0 amide bonds. The fourth-order valence-corrected chi connectivity index (χ4v) is 4.64. The Hall–Kier alpha value is -3.72. The van der Waals surface area contributed by atoms with E-state index in [9.17, 15) is 17.2 Å². The number of hydrogen-bond donors (Lipinski definition) is 1. The molecule has 0 aliphatic heterocycles. The average molecular weight is 470 g/mol. The van der Waals surface area contributed by atoms with Gasteiger partial charge in [0.2, 0.25) is 0 Å². The summed E-state index contributed by atoms with van der Waals surface area (Å²) in [5.41, 5.74) is 2.04. The lowest BCUT2D eigenvalue weighted by Crippen LogP contribution is -2.16. The number of para-hydroxylation sites is 1. The Morgan fingerprint density at radius 3 is 2.42 bits per heavy atom. The van der Waals surface area contributed by atoms with Crippen LogP contribution in [0.25, 0.3) is 0 Å². The van der Waals surface area contributed by atoms with E-state index >= 15 is 0 Å². The Morgan fingerprint density at radius 1 is 0.939 bits per heavy atom. The molecular formula is C24H21F2N3O3S. The predicted octanol–water partition coefficient (Wildman–Crippen LogP) is 5.42. The molecule has 1 N–H and O–H groups in total. The Kier molecular flexibility index (Phi) is 6.15. The molecule has 0 bridgehead atoms. The molecular weight excluding hydrogens is 448 g/mol. The standard InChI is InChI=1S/C24H21F2N3O3S/c1-16-24(28-33(30,31)23-14-19(25)11-12-22(23)26)17(2)29(27-16)15-18-7-6-10-21(13-18)32-20-8-4-3-5-9-20/h3-14,28H,15H2,1-2H3. The predicted molar refractivity (Wildman–Crippen MR) is 121 cm³/mol. The lowest BCUT2D eigenvalue weighted by Gasteiger charge is -2.11. The van der Waals surface area contributed by atoms with Crippen LogP contribution in [-0.4, -0.2) is 18.2 Å². The number of aromatic nitrogens is 2. The fourth-order valence-electron chi connectivity index (χ4n) is 3.38. The first-order valence-electron chi connectivity index (χ1n) is 10.1. The van der Waals surface area contributed by atoms with Crippen LogP contribution in [0.4, 0.5) is 14.5 Å². The molecule has 170 valence electrons. The Balaban J connectivity index is 1.57. The first-order chi connectivity index (χ1) is 15.7. The molecule has 3 aromatic carbocycles. The number of sulfonamides is 1. The second-order valence-electron chi connectivity index (χ2n) is 7.45. The molecule has 0 saturated heterocycles. The molecule has 9 heteroatoms. The van der Waals surface area contributed by atoms with Gasteiger partial charge in [-0.3, -0.25) is 9.40 Å². The summed E-state index contributed by atoms with van der Waals surface area (Å²) in [4.78, 5) is -0.764. The lowest BCUT2D eigenvalue weighted by atomic mass is 10.2. The maximum Gasteiger partial charge on any atom is 0.265 e. The summed E-state index contributed by atoms with van der Waals surface area (Å²) in [6.07, 6.45) is 0. The molecule has 0 saturated carbocycles. The maximum atomic E-state index is 14.0. The van der Waals surface area contributed by atoms with Gasteiger partial charge in [0, 0.05) is 0 Å². The summed E-state index contributed by atoms with van der Waals surface area (Å²) >= 11 is 0. The van der Waals surface area contributed by atoms with Gasteiger partial charge in [-0.2, -0.15) is 5.10 Å². The number of rotatable bonds is 7. The Bertz CT molecular complexity index is 1400. The number of ether oxygens (including phenoxy) is 1. The number of halogens is 2. The minimum atomic E-state index is -4.35. The van der Waals surface area contributed by atoms with Crippen molar-refractivity contribution in [3.8, 4) is 11.5 Å². The number of anilines is 1. The van der Waals surface area contributed by atoms with Gasteiger partial charge < -0.3 is 4.74 Å². The molecule has 0 spiro atoms. The summed E-state index contributed by atoms with van der Waals surface area (Å²) in [5, 5.41) is 4.42. The first-order valence-corrected chi connectivity index (χ1v) is 11.5. The first kappa shape index (κ1) is 22.5. The topological polar surface area (TPSA) is 73.2 Å². The molecule has 0 aliphatic rings. The molecule has 4 aromatic rings. The van der Waals surface area contributed by atoms with Crippen LogP contribution in [0.1, 0.15) is 17.0 Å². The van der Waals surface area contributed by atoms with Crippen molar-refractivity contribution in [3.63, 3.8) is 0 Å². The van der Waals surface area contributed by atoms with E-state index in [0.717, 1.165) is 17.7 Å². The van der Waals surface area contributed by atoms with Gasteiger partial charge in [0.15, 0.2) is 0 Å². The molecule has 0 radical (unpaired) electrons. The zero-order valence-corrected chi connectivity index (χ0v) is 18.7. The van der Waals surface area contributed by atoms with Crippen molar-refractivity contribution in [3.05, 3.63) is 101 Å². The summed E-state index contributed by atoms with van der Waals surface area (Å²) in [5.74, 6) is -0.523. The van der Waals surface area contributed by atoms with Gasteiger partial charge >= 0.3 is 0 Å². The normalized spacial score (nSPS) is 11.4. The van der Waals surface area contributed by atoms with Crippen molar-refractivity contribution < 1.29 is 21.9 Å². The van der Waals surface area contributed by atoms with Crippen LogP contribution in [0, 0.1) is 25.5 Å². The Labute approximate surface area is 190 Å². The summed E-state index contributed by atoms with van der Waals surface area (Å²) < 4.78 is 62.8. The number of benzene rings is 3. The van der Waals surface area contributed by atoms with Crippen molar-refractivity contribution in [2.24, 2.45) is 0 Å². The van der Waals surface area contributed by atoms with Gasteiger partial charge in [-0.1, -0.05) is 30.3 Å². The molecule has 1 heterocycles. The highest BCUT2D eigenvalue weighted by molar-refractivity contribution is 7.92. The van der Waals surface area contributed by atoms with Gasteiger partial charge in [0.05, 0.1) is 23.6 Å². The van der Waals surface area contributed by atoms with Gasteiger partial charge in [0.25, 0.3) is 10.0 Å². The molecule has 0 aliphatic carbocycles. The lowest BCUT2D eigenvalue weighted by molar-refractivity contribution is 0.481. The van der Waals surface area contributed by atoms with Crippen LogP contribution in [0.15, 0.2) is 77.7 Å². The Morgan fingerprint density at radius 2 is 1.67 bits per heavy atom. The minimum absolute atomic E-state index is 0.218. The molecule has 6 nitrogen and oxygen atoms in total. The molecule has 0 atom stereocenters. The van der Waals surface area contributed by atoms with Gasteiger partial charge in [-0.05, 0) is 61.9 Å². The summed E-state index contributed by atoms with van der Waals surface area (Å²) in [7, 11) is -4.35. The van der Waals surface area contributed by atoms with Gasteiger partial charge in [-0.25, -0.2) is 17.2 Å². The highest BCUT2D eigenvalue weighted by atomic mass is 32.2. The average Bonchev–Trinajstić information content (AvgIpc) is 3.03. The van der Waals surface area contributed by atoms with E-state index < -0.39 is 26.6 Å². The van der Waals surface area contributed by atoms with Gasteiger partial charge in [-0.15, -0.1) is 0 Å². The fraction of sp³-hybridized carbons (Fsp3) is 0.125. The number of nitrogens with one attached hydrogen (secondary N) is 1. The smallest absolute Gasteiger partial charge is 0.265 e. The largest absolute Gasteiger partial charge is 0.457 e.